The Kier molecular flexibility index (Phi) is 4.79. The Hall–Kier alpha value is -0.860. The molecule has 8 heteroatoms. The van der Waals surface area contributed by atoms with E-state index in [0.717, 1.165) is 6.42 Å². The number of nitrogens with zero attached hydrogens (tertiary/aromatic N) is 2. The number of hydrogen-bond acceptors (Lipinski definition) is 4. The summed E-state index contributed by atoms with van der Waals surface area (Å²) in [6.45, 7) is 1.21. The number of carbonyl (C=O) groups excluding carboxylic acids is 1. The minimum absolute atomic E-state index is 0.220. The summed E-state index contributed by atoms with van der Waals surface area (Å²) in [5.74, 6) is -0.344. The van der Waals surface area contributed by atoms with Gasteiger partial charge in [-0.1, -0.05) is 0 Å². The van der Waals surface area contributed by atoms with Crippen LogP contribution in [0.25, 0.3) is 0 Å². The predicted octanol–water partition coefficient (Wildman–Crippen LogP) is 0.162. The first-order valence-electron chi connectivity index (χ1n) is 7.28. The Balaban J connectivity index is 1.85. The average Bonchev–Trinajstić information content (AvgIpc) is 2.83. The van der Waals surface area contributed by atoms with Crippen LogP contribution >= 0.6 is 0 Å². The smallest absolute Gasteiger partial charge is 0.368 e. The van der Waals surface area contributed by atoms with E-state index < -0.39 is 18.3 Å². The largest absolute Gasteiger partial charge is 0.401 e. The molecule has 2 unspecified atom stereocenters. The summed E-state index contributed by atoms with van der Waals surface area (Å²) in [6, 6.07) is 0.220. The van der Waals surface area contributed by atoms with Gasteiger partial charge in [0.05, 0.1) is 12.1 Å². The summed E-state index contributed by atoms with van der Waals surface area (Å²) < 4.78 is 37.1. The van der Waals surface area contributed by atoms with Crippen molar-refractivity contribution in [3.63, 3.8) is 0 Å². The molecule has 0 aromatic heterocycles. The molecule has 1 saturated carbocycles. The van der Waals surface area contributed by atoms with Crippen molar-refractivity contribution in [2.24, 2.45) is 5.73 Å². The summed E-state index contributed by atoms with van der Waals surface area (Å²) >= 11 is 0. The summed E-state index contributed by atoms with van der Waals surface area (Å²) in [6.07, 6.45) is -1.96. The van der Waals surface area contributed by atoms with Gasteiger partial charge in [-0.25, -0.2) is 0 Å². The van der Waals surface area contributed by atoms with E-state index in [9.17, 15) is 18.0 Å². The number of piperazine rings is 1. The van der Waals surface area contributed by atoms with E-state index in [1.807, 2.05) is 0 Å². The Morgan fingerprint density at radius 1 is 1.33 bits per heavy atom. The van der Waals surface area contributed by atoms with Crippen LogP contribution in [0.4, 0.5) is 13.2 Å². The molecule has 3 N–H and O–H groups in total. The van der Waals surface area contributed by atoms with Gasteiger partial charge >= 0.3 is 6.18 Å². The number of nitrogens with two attached hydrogens (primary N) is 1. The molecule has 1 aliphatic carbocycles. The summed E-state index contributed by atoms with van der Waals surface area (Å²) in [7, 11) is 1.73. The van der Waals surface area contributed by atoms with Crippen molar-refractivity contribution in [2.45, 2.75) is 37.0 Å². The van der Waals surface area contributed by atoms with Gasteiger partial charge in [-0.3, -0.25) is 14.6 Å². The SMILES string of the molecule is CNC1(C(N)=O)CCC(N2CCN(CC(F)(F)F)CC2)C1. The third-order valence-corrected chi connectivity index (χ3v) is 4.76. The summed E-state index contributed by atoms with van der Waals surface area (Å²) in [5, 5.41) is 3.03. The second kappa shape index (κ2) is 6.10. The molecule has 0 aromatic carbocycles. The molecule has 2 aliphatic rings. The highest BCUT2D eigenvalue weighted by Gasteiger charge is 2.45. The number of likely N-dealkylation sites (N-methyl/N-ethyl adjacent to an activating group) is 1. The van der Waals surface area contributed by atoms with E-state index >= 15 is 0 Å². The predicted molar refractivity (Wildman–Crippen MR) is 72.7 cm³/mol. The van der Waals surface area contributed by atoms with Crippen LogP contribution in [0, 0.1) is 0 Å². The van der Waals surface area contributed by atoms with E-state index in [1.165, 1.54) is 4.90 Å². The first-order chi connectivity index (χ1) is 9.76. The molecule has 2 rings (SSSR count). The number of carbonyl (C=O) groups is 1. The molecule has 1 heterocycles. The average molecular weight is 308 g/mol. The molecule has 1 saturated heterocycles. The standard InChI is InChI=1S/C13H23F3N4O/c1-18-12(11(17)21)3-2-10(8-12)20-6-4-19(5-7-20)9-13(14,15)16/h10,18H,2-9H2,1H3,(H2,17,21). The number of amides is 1. The van der Waals surface area contributed by atoms with Crippen LogP contribution in [0.15, 0.2) is 0 Å². The Bertz CT molecular complexity index is 382. The zero-order valence-electron chi connectivity index (χ0n) is 12.2. The van der Waals surface area contributed by atoms with Crippen LogP contribution in [0.1, 0.15) is 19.3 Å². The lowest BCUT2D eigenvalue weighted by molar-refractivity contribution is -0.149. The van der Waals surface area contributed by atoms with Crippen LogP contribution in [-0.4, -0.2) is 73.2 Å². The number of primary amides is 1. The van der Waals surface area contributed by atoms with E-state index in [0.29, 0.717) is 39.0 Å². The van der Waals surface area contributed by atoms with Crippen LogP contribution in [0.5, 0.6) is 0 Å². The molecule has 5 nitrogen and oxygen atoms in total. The van der Waals surface area contributed by atoms with Crippen LogP contribution in [-0.2, 0) is 4.79 Å². The second-order valence-electron chi connectivity index (χ2n) is 6.02. The molecule has 0 radical (unpaired) electrons. The first kappa shape index (κ1) is 16.5. The molecule has 122 valence electrons. The minimum atomic E-state index is -4.14. The molecule has 0 aromatic rings. The lowest BCUT2D eigenvalue weighted by atomic mass is 9.96. The van der Waals surface area contributed by atoms with Crippen molar-refractivity contribution >= 4 is 5.91 Å². The van der Waals surface area contributed by atoms with E-state index in [-0.39, 0.29) is 11.9 Å². The fraction of sp³-hybridized carbons (Fsp3) is 0.923. The molecule has 2 fully saturated rings. The third-order valence-electron chi connectivity index (χ3n) is 4.76. The van der Waals surface area contributed by atoms with Crippen LogP contribution in [0.3, 0.4) is 0 Å². The molecule has 0 bridgehead atoms. The summed E-state index contributed by atoms with van der Waals surface area (Å²) in [5.41, 5.74) is 4.81. The van der Waals surface area contributed by atoms with Gasteiger partial charge in [-0.15, -0.1) is 0 Å². The maximum Gasteiger partial charge on any atom is 0.401 e. The topological polar surface area (TPSA) is 61.6 Å². The first-order valence-corrected chi connectivity index (χ1v) is 7.28. The van der Waals surface area contributed by atoms with Gasteiger partial charge in [0.15, 0.2) is 0 Å². The fourth-order valence-corrected chi connectivity index (χ4v) is 3.45. The monoisotopic (exact) mass is 308 g/mol. The normalized spacial score (nSPS) is 32.5. The van der Waals surface area contributed by atoms with Crippen molar-refractivity contribution in [2.75, 3.05) is 39.8 Å². The highest BCUT2D eigenvalue weighted by molar-refractivity contribution is 5.85. The van der Waals surface area contributed by atoms with Gasteiger partial charge in [0, 0.05) is 32.2 Å². The molecule has 21 heavy (non-hydrogen) atoms. The zero-order valence-corrected chi connectivity index (χ0v) is 12.2. The van der Waals surface area contributed by atoms with E-state index in [1.54, 1.807) is 7.05 Å². The van der Waals surface area contributed by atoms with Gasteiger partial charge in [-0.2, -0.15) is 13.2 Å². The number of hydrogen-bond donors (Lipinski definition) is 2. The van der Waals surface area contributed by atoms with Crippen molar-refractivity contribution in [1.29, 1.82) is 0 Å². The Morgan fingerprint density at radius 3 is 2.38 bits per heavy atom. The van der Waals surface area contributed by atoms with E-state index in [2.05, 4.69) is 10.2 Å². The minimum Gasteiger partial charge on any atom is -0.368 e. The van der Waals surface area contributed by atoms with Gasteiger partial charge in [0.25, 0.3) is 0 Å². The second-order valence-corrected chi connectivity index (χ2v) is 6.02. The van der Waals surface area contributed by atoms with E-state index in [4.69, 9.17) is 5.73 Å². The highest BCUT2D eigenvalue weighted by Crippen LogP contribution is 2.33. The number of alkyl halides is 3. The van der Waals surface area contributed by atoms with Crippen molar-refractivity contribution in [3.8, 4) is 0 Å². The zero-order chi connectivity index (χ0) is 15.7. The molecule has 0 spiro atoms. The van der Waals surface area contributed by atoms with Gasteiger partial charge < -0.3 is 11.1 Å². The van der Waals surface area contributed by atoms with Crippen molar-refractivity contribution in [3.05, 3.63) is 0 Å². The number of nitrogens with one attached hydrogen (secondary N) is 1. The lowest BCUT2D eigenvalue weighted by Gasteiger charge is -2.38. The molecule has 1 amide bonds. The highest BCUT2D eigenvalue weighted by atomic mass is 19.4. The summed E-state index contributed by atoms with van der Waals surface area (Å²) in [4.78, 5) is 15.2. The van der Waals surface area contributed by atoms with Gasteiger partial charge in [0.2, 0.25) is 5.91 Å². The van der Waals surface area contributed by atoms with Crippen molar-refractivity contribution < 1.29 is 18.0 Å². The van der Waals surface area contributed by atoms with Crippen molar-refractivity contribution in [1.82, 2.24) is 15.1 Å². The Labute approximate surface area is 122 Å². The third kappa shape index (κ3) is 3.87. The number of halogens is 3. The van der Waals surface area contributed by atoms with Gasteiger partial charge in [0.1, 0.15) is 0 Å². The molecular formula is C13H23F3N4O. The van der Waals surface area contributed by atoms with Crippen LogP contribution in [0.2, 0.25) is 0 Å². The lowest BCUT2D eigenvalue weighted by Crippen LogP contribution is -2.55. The number of rotatable bonds is 4. The molecule has 1 aliphatic heterocycles. The fourth-order valence-electron chi connectivity index (χ4n) is 3.45. The maximum absolute atomic E-state index is 12.4. The van der Waals surface area contributed by atoms with Crippen LogP contribution < -0.4 is 11.1 Å². The molecular weight excluding hydrogens is 285 g/mol. The quantitative estimate of drug-likeness (QED) is 0.777. The maximum atomic E-state index is 12.4. The Morgan fingerprint density at radius 2 is 1.95 bits per heavy atom. The molecule has 2 atom stereocenters. The van der Waals surface area contributed by atoms with Gasteiger partial charge in [-0.05, 0) is 26.3 Å².